The van der Waals surface area contributed by atoms with E-state index in [0.717, 1.165) is 31.3 Å². The average molecular weight is 289 g/mol. The second kappa shape index (κ2) is 6.91. The number of hydrogen-bond acceptors (Lipinski definition) is 3. The number of likely N-dealkylation sites (tertiary alicyclic amines) is 1. The predicted octanol–water partition coefficient (Wildman–Crippen LogP) is 2.39. The average Bonchev–Trinajstić information content (AvgIpc) is 2.88. The van der Waals surface area contributed by atoms with Crippen LogP contribution in [-0.2, 0) is 0 Å². The third-order valence-electron chi connectivity index (χ3n) is 5.33. The van der Waals surface area contributed by atoms with Crippen LogP contribution in [0.5, 0.6) is 0 Å². The van der Waals surface area contributed by atoms with Crippen molar-refractivity contribution in [1.82, 2.24) is 4.90 Å². The first-order valence-corrected chi connectivity index (χ1v) is 8.34. The molecule has 0 aromatic heterocycles. The van der Waals surface area contributed by atoms with Crippen LogP contribution in [0.15, 0.2) is 30.3 Å². The molecule has 2 aliphatic rings. The van der Waals surface area contributed by atoms with Crippen LogP contribution in [-0.4, -0.2) is 47.0 Å². The summed E-state index contributed by atoms with van der Waals surface area (Å²) in [4.78, 5) is 2.30. The molecule has 1 aromatic carbocycles. The minimum Gasteiger partial charge on any atom is -0.395 e. The van der Waals surface area contributed by atoms with Gasteiger partial charge < -0.3 is 10.2 Å². The van der Waals surface area contributed by atoms with Crippen LogP contribution in [0, 0.1) is 5.92 Å². The highest BCUT2D eigenvalue weighted by atomic mass is 16.3. The molecule has 3 rings (SSSR count). The molecule has 0 unspecified atom stereocenters. The maximum Gasteiger partial charge on any atom is 0.0683 e. The van der Waals surface area contributed by atoms with Crippen molar-refractivity contribution < 1.29 is 10.2 Å². The van der Waals surface area contributed by atoms with Crippen molar-refractivity contribution in [1.29, 1.82) is 0 Å². The highest BCUT2D eigenvalue weighted by molar-refractivity contribution is 5.19. The van der Waals surface area contributed by atoms with Gasteiger partial charge in [0.25, 0.3) is 0 Å². The predicted molar refractivity (Wildman–Crippen MR) is 84.2 cm³/mol. The largest absolute Gasteiger partial charge is 0.395 e. The molecule has 21 heavy (non-hydrogen) atoms. The van der Waals surface area contributed by atoms with Gasteiger partial charge in [-0.2, -0.15) is 0 Å². The van der Waals surface area contributed by atoms with E-state index in [4.69, 9.17) is 0 Å². The molecule has 0 amide bonds. The molecule has 1 aliphatic carbocycles. The van der Waals surface area contributed by atoms with Crippen LogP contribution in [0.1, 0.15) is 43.6 Å². The van der Waals surface area contributed by atoms with E-state index in [1.54, 1.807) is 0 Å². The Bertz CT molecular complexity index is 428. The van der Waals surface area contributed by atoms with Crippen molar-refractivity contribution in [3.8, 4) is 0 Å². The lowest BCUT2D eigenvalue weighted by atomic mass is 9.78. The molecule has 2 atom stereocenters. The standard InChI is InChI=1S/C18H27NO2/c20-13-17-10-18(21)12-19(17)11-14-6-8-16(9-7-14)15-4-2-1-3-5-15/h1-5,14,16-18,20-21H,6-13H2/t14?,16?,17-,18+/m1/s1. The van der Waals surface area contributed by atoms with Gasteiger partial charge in [0.2, 0.25) is 0 Å². The number of β-amino-alcohol motifs (C(OH)–C–C–N with tert-alkyl or cyclic N) is 1. The maximum atomic E-state index is 9.77. The highest BCUT2D eigenvalue weighted by Crippen LogP contribution is 2.36. The fourth-order valence-corrected chi connectivity index (χ4v) is 4.11. The molecule has 116 valence electrons. The molecule has 1 heterocycles. The second-order valence-electron chi connectivity index (χ2n) is 6.81. The zero-order valence-electron chi connectivity index (χ0n) is 12.7. The molecule has 3 nitrogen and oxygen atoms in total. The van der Waals surface area contributed by atoms with Crippen LogP contribution in [0.3, 0.4) is 0 Å². The topological polar surface area (TPSA) is 43.7 Å². The summed E-state index contributed by atoms with van der Waals surface area (Å²) in [5, 5.41) is 19.2. The SMILES string of the molecule is OC[C@H]1C[C@H](O)CN1CC1CCC(c2ccccc2)CC1. The summed E-state index contributed by atoms with van der Waals surface area (Å²) in [5.41, 5.74) is 1.49. The summed E-state index contributed by atoms with van der Waals surface area (Å²) >= 11 is 0. The summed E-state index contributed by atoms with van der Waals surface area (Å²) in [6.45, 7) is 1.96. The Morgan fingerprint density at radius 3 is 2.43 bits per heavy atom. The molecular weight excluding hydrogens is 262 g/mol. The van der Waals surface area contributed by atoms with Crippen LogP contribution < -0.4 is 0 Å². The van der Waals surface area contributed by atoms with Crippen molar-refractivity contribution in [2.45, 2.75) is 50.2 Å². The van der Waals surface area contributed by atoms with Gasteiger partial charge in [0.1, 0.15) is 0 Å². The van der Waals surface area contributed by atoms with E-state index in [-0.39, 0.29) is 18.8 Å². The van der Waals surface area contributed by atoms with Gasteiger partial charge in [-0.3, -0.25) is 4.90 Å². The first kappa shape index (κ1) is 15.0. The van der Waals surface area contributed by atoms with Gasteiger partial charge in [-0.15, -0.1) is 0 Å². The molecule has 2 N–H and O–H groups in total. The molecule has 0 bridgehead atoms. The first-order valence-electron chi connectivity index (χ1n) is 8.34. The van der Waals surface area contributed by atoms with E-state index in [1.807, 2.05) is 0 Å². The summed E-state index contributed by atoms with van der Waals surface area (Å²) in [5.74, 6) is 1.45. The molecule has 1 saturated carbocycles. The van der Waals surface area contributed by atoms with E-state index >= 15 is 0 Å². The van der Waals surface area contributed by atoms with Crippen molar-refractivity contribution >= 4 is 0 Å². The van der Waals surface area contributed by atoms with Crippen molar-refractivity contribution in [3.63, 3.8) is 0 Å². The lowest BCUT2D eigenvalue weighted by molar-refractivity contribution is 0.125. The molecule has 0 radical (unpaired) electrons. The third-order valence-corrected chi connectivity index (χ3v) is 5.33. The summed E-state index contributed by atoms with van der Waals surface area (Å²) < 4.78 is 0. The monoisotopic (exact) mass is 289 g/mol. The number of rotatable bonds is 4. The van der Waals surface area contributed by atoms with Crippen molar-refractivity contribution in [3.05, 3.63) is 35.9 Å². The zero-order valence-corrected chi connectivity index (χ0v) is 12.7. The van der Waals surface area contributed by atoms with E-state index in [2.05, 4.69) is 35.2 Å². The van der Waals surface area contributed by atoms with E-state index in [0.29, 0.717) is 0 Å². The molecule has 3 heteroatoms. The Morgan fingerprint density at radius 2 is 1.76 bits per heavy atom. The fraction of sp³-hybridized carbons (Fsp3) is 0.667. The highest BCUT2D eigenvalue weighted by Gasteiger charge is 2.32. The van der Waals surface area contributed by atoms with Gasteiger partial charge in [0.05, 0.1) is 12.7 Å². The third kappa shape index (κ3) is 3.65. The lowest BCUT2D eigenvalue weighted by Crippen LogP contribution is -2.37. The molecule has 1 aliphatic heterocycles. The van der Waals surface area contributed by atoms with Gasteiger partial charge >= 0.3 is 0 Å². The van der Waals surface area contributed by atoms with Gasteiger partial charge in [-0.25, -0.2) is 0 Å². The zero-order chi connectivity index (χ0) is 14.7. The van der Waals surface area contributed by atoms with E-state index in [1.165, 1.54) is 31.2 Å². The summed E-state index contributed by atoms with van der Waals surface area (Å²) in [6.07, 6.45) is 5.57. The Hall–Kier alpha value is -0.900. The summed E-state index contributed by atoms with van der Waals surface area (Å²) in [7, 11) is 0. The Labute approximate surface area is 127 Å². The van der Waals surface area contributed by atoms with Crippen LogP contribution in [0.4, 0.5) is 0 Å². The van der Waals surface area contributed by atoms with Gasteiger partial charge in [-0.05, 0) is 49.5 Å². The normalized spacial score (nSPS) is 34.2. The second-order valence-corrected chi connectivity index (χ2v) is 6.81. The smallest absolute Gasteiger partial charge is 0.0683 e. The van der Waals surface area contributed by atoms with Crippen molar-refractivity contribution in [2.75, 3.05) is 19.7 Å². The quantitative estimate of drug-likeness (QED) is 0.894. The Balaban J connectivity index is 1.50. The van der Waals surface area contributed by atoms with Crippen LogP contribution >= 0.6 is 0 Å². The van der Waals surface area contributed by atoms with Gasteiger partial charge in [0, 0.05) is 19.1 Å². The number of aliphatic hydroxyl groups excluding tert-OH is 2. The fourth-order valence-electron chi connectivity index (χ4n) is 4.11. The minimum atomic E-state index is -0.247. The number of aliphatic hydroxyl groups is 2. The minimum absolute atomic E-state index is 0.173. The Morgan fingerprint density at radius 1 is 1.05 bits per heavy atom. The lowest BCUT2D eigenvalue weighted by Gasteiger charge is -2.33. The maximum absolute atomic E-state index is 9.77. The number of hydrogen-bond donors (Lipinski definition) is 2. The number of benzene rings is 1. The van der Waals surface area contributed by atoms with Crippen LogP contribution in [0.25, 0.3) is 0 Å². The number of nitrogens with zero attached hydrogens (tertiary/aromatic N) is 1. The van der Waals surface area contributed by atoms with E-state index < -0.39 is 0 Å². The molecule has 0 spiro atoms. The van der Waals surface area contributed by atoms with Gasteiger partial charge in [-0.1, -0.05) is 30.3 Å². The van der Waals surface area contributed by atoms with Crippen LogP contribution in [0.2, 0.25) is 0 Å². The molecule has 2 fully saturated rings. The Kier molecular flexibility index (Phi) is 4.94. The van der Waals surface area contributed by atoms with E-state index in [9.17, 15) is 10.2 Å². The van der Waals surface area contributed by atoms with Crippen molar-refractivity contribution in [2.24, 2.45) is 5.92 Å². The first-order chi connectivity index (χ1) is 10.3. The summed E-state index contributed by atoms with van der Waals surface area (Å²) in [6, 6.07) is 11.0. The molecule has 1 saturated heterocycles. The molecule has 1 aromatic rings. The van der Waals surface area contributed by atoms with Gasteiger partial charge in [0.15, 0.2) is 0 Å². The molecular formula is C18H27NO2.